The molecule has 0 radical (unpaired) electrons. The Hall–Kier alpha value is -0.160. The molecule has 0 saturated heterocycles. The molecule has 4 nitrogen and oxygen atoms in total. The Labute approximate surface area is 84.3 Å². The van der Waals surface area contributed by atoms with Gasteiger partial charge in [0.05, 0.1) is 6.04 Å². The van der Waals surface area contributed by atoms with Crippen LogP contribution in [0.1, 0.15) is 40.0 Å². The van der Waals surface area contributed by atoms with Gasteiger partial charge < -0.3 is 0 Å². The molecule has 2 bridgehead atoms. The predicted octanol–water partition coefficient (Wildman–Crippen LogP) is 2.30. The van der Waals surface area contributed by atoms with E-state index in [1.807, 2.05) is 0 Å². The predicted molar refractivity (Wildman–Crippen MR) is 50.4 cm³/mol. The summed E-state index contributed by atoms with van der Waals surface area (Å²) in [6.45, 7) is 6.67. The van der Waals surface area contributed by atoms with Crippen molar-refractivity contribution in [1.29, 1.82) is 0 Å². The van der Waals surface area contributed by atoms with E-state index < -0.39 is 0 Å². The molecular weight excluding hydrogens is 182 g/mol. The van der Waals surface area contributed by atoms with Gasteiger partial charge in [-0.25, -0.2) is 5.26 Å². The summed E-state index contributed by atoms with van der Waals surface area (Å²) in [5, 5.41) is 18.5. The summed E-state index contributed by atoms with van der Waals surface area (Å²) in [4.78, 5) is 3.93. The third-order valence-electron chi connectivity index (χ3n) is 5.10. The van der Waals surface area contributed by atoms with Crippen molar-refractivity contribution in [2.24, 2.45) is 16.7 Å². The van der Waals surface area contributed by atoms with Crippen molar-refractivity contribution in [3.05, 3.63) is 0 Å². The quantitative estimate of drug-likeness (QED) is 0.531. The van der Waals surface area contributed by atoms with Crippen LogP contribution in [-0.2, 0) is 4.99 Å². The smallest absolute Gasteiger partial charge is 0.0718 e. The van der Waals surface area contributed by atoms with Crippen LogP contribution in [0.5, 0.6) is 0 Å². The summed E-state index contributed by atoms with van der Waals surface area (Å²) >= 11 is 0. The number of hydrogen-bond donors (Lipinski definition) is 2. The summed E-state index contributed by atoms with van der Waals surface area (Å²) in [7, 11) is 0. The van der Waals surface area contributed by atoms with Crippen molar-refractivity contribution < 1.29 is 15.5 Å². The number of fused-ring (bicyclic) bond motifs is 2. The van der Waals surface area contributed by atoms with Gasteiger partial charge in [-0.1, -0.05) is 20.8 Å². The van der Waals surface area contributed by atoms with Crippen LogP contribution in [0.3, 0.4) is 0 Å². The average molecular weight is 201 g/mol. The van der Waals surface area contributed by atoms with Crippen molar-refractivity contribution in [1.82, 2.24) is 5.23 Å². The Balaban J connectivity index is 2.27. The highest BCUT2D eigenvalue weighted by atomic mass is 17.2. The van der Waals surface area contributed by atoms with E-state index in [4.69, 9.17) is 5.26 Å². The first-order valence-corrected chi connectivity index (χ1v) is 5.23. The van der Waals surface area contributed by atoms with Gasteiger partial charge in [0.25, 0.3) is 0 Å². The molecule has 0 amide bonds. The van der Waals surface area contributed by atoms with E-state index >= 15 is 0 Å². The van der Waals surface area contributed by atoms with Crippen LogP contribution in [0.15, 0.2) is 0 Å². The second-order valence-electron chi connectivity index (χ2n) is 5.51. The summed E-state index contributed by atoms with van der Waals surface area (Å²) in [5.74, 6) is 0.627. The van der Waals surface area contributed by atoms with Gasteiger partial charge in [-0.2, -0.15) is 0 Å². The second kappa shape index (κ2) is 2.92. The molecule has 3 atom stereocenters. The zero-order chi connectivity index (χ0) is 10.6. The van der Waals surface area contributed by atoms with E-state index in [2.05, 4.69) is 25.8 Å². The Morgan fingerprint density at radius 3 is 2.36 bits per heavy atom. The van der Waals surface area contributed by atoms with Gasteiger partial charge in [-0.15, -0.1) is 4.99 Å². The molecule has 2 aliphatic rings. The largest absolute Gasteiger partial charge is 0.287 e. The lowest BCUT2D eigenvalue weighted by Gasteiger charge is -2.40. The van der Waals surface area contributed by atoms with Gasteiger partial charge in [0, 0.05) is 0 Å². The summed E-state index contributed by atoms with van der Waals surface area (Å²) < 4.78 is 0. The lowest BCUT2D eigenvalue weighted by atomic mass is 9.69. The van der Waals surface area contributed by atoms with E-state index in [1.165, 1.54) is 6.42 Å². The molecule has 82 valence electrons. The second-order valence-corrected chi connectivity index (χ2v) is 5.51. The normalized spacial score (nSPS) is 45.0. The van der Waals surface area contributed by atoms with Crippen molar-refractivity contribution in [3.63, 3.8) is 0 Å². The van der Waals surface area contributed by atoms with Gasteiger partial charge in [0.15, 0.2) is 0 Å². The Morgan fingerprint density at radius 1 is 1.36 bits per heavy atom. The maximum atomic E-state index is 9.44. The molecule has 2 aliphatic carbocycles. The van der Waals surface area contributed by atoms with Crippen LogP contribution >= 0.6 is 0 Å². The van der Waals surface area contributed by atoms with E-state index in [0.29, 0.717) is 11.1 Å². The van der Waals surface area contributed by atoms with Gasteiger partial charge >= 0.3 is 0 Å². The number of hydrogen-bond acceptors (Lipinski definition) is 4. The lowest BCUT2D eigenvalue weighted by Crippen LogP contribution is -2.45. The van der Waals surface area contributed by atoms with E-state index in [-0.39, 0.29) is 16.9 Å². The average Bonchev–Trinajstić information content (AvgIpc) is 2.47. The molecule has 0 aromatic carbocycles. The van der Waals surface area contributed by atoms with Crippen LogP contribution in [0.4, 0.5) is 0 Å². The molecule has 14 heavy (non-hydrogen) atoms. The van der Waals surface area contributed by atoms with Gasteiger partial charge in [0.1, 0.15) is 0 Å². The molecule has 2 saturated carbocycles. The van der Waals surface area contributed by atoms with E-state index in [9.17, 15) is 5.21 Å². The number of hydroxylamine groups is 2. The van der Waals surface area contributed by atoms with Crippen LogP contribution in [-0.4, -0.2) is 21.7 Å². The number of rotatable bonds is 2. The van der Waals surface area contributed by atoms with Gasteiger partial charge in [-0.3, -0.25) is 5.21 Å². The first-order valence-electron chi connectivity index (χ1n) is 5.23. The van der Waals surface area contributed by atoms with E-state index in [0.717, 1.165) is 12.8 Å². The fourth-order valence-electron chi connectivity index (χ4n) is 3.55. The molecular formula is C10H19NO3. The van der Waals surface area contributed by atoms with E-state index in [1.54, 1.807) is 0 Å². The third-order valence-corrected chi connectivity index (χ3v) is 5.10. The molecule has 2 fully saturated rings. The summed E-state index contributed by atoms with van der Waals surface area (Å²) in [6, 6.07) is -0.0822. The van der Waals surface area contributed by atoms with Crippen LogP contribution in [0.25, 0.3) is 0 Å². The maximum absolute atomic E-state index is 9.44. The fraction of sp³-hybridized carbons (Fsp3) is 1.00. The highest BCUT2D eigenvalue weighted by Gasteiger charge is 2.63. The maximum Gasteiger partial charge on any atom is 0.0718 e. The topological polar surface area (TPSA) is 52.9 Å². The van der Waals surface area contributed by atoms with Crippen LogP contribution in [0, 0.1) is 16.7 Å². The molecule has 0 spiro atoms. The minimum atomic E-state index is -0.0822. The zero-order valence-electron chi connectivity index (χ0n) is 9.03. The third kappa shape index (κ3) is 1.03. The molecule has 0 aromatic rings. The summed E-state index contributed by atoms with van der Waals surface area (Å²) in [5.41, 5.74) is 0.256. The van der Waals surface area contributed by atoms with Gasteiger partial charge in [0.2, 0.25) is 0 Å². The molecule has 3 unspecified atom stereocenters. The lowest BCUT2D eigenvalue weighted by molar-refractivity contribution is -0.512. The standard InChI is InChI=1S/C10H19NO3/c1-9(2)7-4-5-10(9,3)8(6-7)11(12)14-13/h7-8,12-13H,4-6H2,1-3H3. The number of nitrogens with zero attached hydrogens (tertiary/aromatic N) is 1. The highest BCUT2D eigenvalue weighted by molar-refractivity contribution is 5.12. The Bertz CT molecular complexity index is 244. The van der Waals surface area contributed by atoms with Crippen molar-refractivity contribution in [2.45, 2.75) is 46.1 Å². The SMILES string of the molecule is CC1(C)C2CCC1(C)C(N(O)OO)C2. The molecule has 2 rings (SSSR count). The highest BCUT2D eigenvalue weighted by Crippen LogP contribution is 2.66. The van der Waals surface area contributed by atoms with Crippen LogP contribution in [0.2, 0.25) is 0 Å². The Morgan fingerprint density at radius 2 is 2.00 bits per heavy atom. The zero-order valence-corrected chi connectivity index (χ0v) is 9.03. The first kappa shape index (κ1) is 10.4. The first-order chi connectivity index (χ1) is 6.43. The molecule has 0 aromatic heterocycles. The van der Waals surface area contributed by atoms with Crippen molar-refractivity contribution in [2.75, 3.05) is 0 Å². The minimum Gasteiger partial charge on any atom is -0.287 e. The molecule has 0 heterocycles. The molecule has 4 heteroatoms. The Kier molecular flexibility index (Phi) is 2.16. The minimum absolute atomic E-state index is 0.0369. The van der Waals surface area contributed by atoms with Crippen molar-refractivity contribution >= 4 is 0 Å². The van der Waals surface area contributed by atoms with Crippen molar-refractivity contribution in [3.8, 4) is 0 Å². The van der Waals surface area contributed by atoms with Gasteiger partial charge in [-0.05, 0) is 41.2 Å². The summed E-state index contributed by atoms with van der Waals surface area (Å²) in [6.07, 6.45) is 3.22. The fourth-order valence-corrected chi connectivity index (χ4v) is 3.55. The molecule has 0 aliphatic heterocycles. The monoisotopic (exact) mass is 201 g/mol. The molecule has 2 N–H and O–H groups in total. The van der Waals surface area contributed by atoms with Crippen LogP contribution < -0.4 is 0 Å².